The molecule has 2 aromatic rings. The number of hydrogen-bond acceptors (Lipinski definition) is 3. The number of hydrogen-bond donors (Lipinski definition) is 2. The van der Waals surface area contributed by atoms with Gasteiger partial charge in [0.1, 0.15) is 5.69 Å². The second kappa shape index (κ2) is 6.43. The third kappa shape index (κ3) is 3.84. The van der Waals surface area contributed by atoms with E-state index in [1.165, 1.54) is 0 Å². The van der Waals surface area contributed by atoms with Crippen LogP contribution in [0.4, 0.5) is 0 Å². The molecule has 1 atom stereocenters. The number of carbonyl (C=O) groups is 2. The number of para-hydroxylation sites is 1. The molecule has 5 nitrogen and oxygen atoms in total. The van der Waals surface area contributed by atoms with Gasteiger partial charge in [0.2, 0.25) is 0 Å². The lowest BCUT2D eigenvalue weighted by Crippen LogP contribution is -2.37. The number of ether oxygens (including phenoxy) is 1. The molecule has 0 unspecified atom stereocenters. The highest BCUT2D eigenvalue weighted by molar-refractivity contribution is 5.96. The van der Waals surface area contributed by atoms with Gasteiger partial charge in [-0.2, -0.15) is 0 Å². The molecule has 0 radical (unpaired) electrons. The molecule has 112 valence electrons. The average molecular weight is 288 g/mol. The fraction of sp³-hybridized carbons (Fsp3) is 0.375. The van der Waals surface area contributed by atoms with Crippen molar-refractivity contribution in [3.63, 3.8) is 0 Å². The van der Waals surface area contributed by atoms with Gasteiger partial charge in [0, 0.05) is 17.4 Å². The van der Waals surface area contributed by atoms with E-state index in [1.807, 2.05) is 38.1 Å². The van der Waals surface area contributed by atoms with Crippen LogP contribution in [0.15, 0.2) is 30.3 Å². The van der Waals surface area contributed by atoms with Crippen LogP contribution >= 0.6 is 0 Å². The van der Waals surface area contributed by atoms with E-state index in [2.05, 4.69) is 10.3 Å². The zero-order valence-electron chi connectivity index (χ0n) is 12.5. The van der Waals surface area contributed by atoms with E-state index in [9.17, 15) is 9.59 Å². The molecule has 0 spiro atoms. The molecule has 0 saturated heterocycles. The molecule has 2 N–H and O–H groups in total. The number of amides is 1. The Labute approximate surface area is 123 Å². The van der Waals surface area contributed by atoms with Crippen LogP contribution in [0.1, 0.15) is 31.3 Å². The van der Waals surface area contributed by atoms with Crippen LogP contribution in [0.25, 0.3) is 10.9 Å². The lowest BCUT2D eigenvalue weighted by atomic mass is 10.2. The van der Waals surface area contributed by atoms with Gasteiger partial charge in [-0.05, 0) is 25.0 Å². The Morgan fingerprint density at radius 3 is 2.62 bits per heavy atom. The van der Waals surface area contributed by atoms with Crippen LogP contribution in [0, 0.1) is 5.92 Å². The molecule has 2 rings (SSSR count). The molecular weight excluding hydrogens is 268 g/mol. The van der Waals surface area contributed by atoms with E-state index in [1.54, 1.807) is 13.0 Å². The van der Waals surface area contributed by atoms with E-state index in [4.69, 9.17) is 4.74 Å². The molecule has 0 fully saturated rings. The van der Waals surface area contributed by atoms with Gasteiger partial charge in [0.15, 0.2) is 6.10 Å². The fourth-order valence-electron chi connectivity index (χ4n) is 1.91. The van der Waals surface area contributed by atoms with Crippen molar-refractivity contribution in [1.82, 2.24) is 10.3 Å². The highest BCUT2D eigenvalue weighted by Gasteiger charge is 2.20. The van der Waals surface area contributed by atoms with Gasteiger partial charge in [-0.3, -0.25) is 4.79 Å². The van der Waals surface area contributed by atoms with Gasteiger partial charge in [0.05, 0.1) is 0 Å². The molecule has 5 heteroatoms. The van der Waals surface area contributed by atoms with Crippen LogP contribution in [-0.4, -0.2) is 29.5 Å². The van der Waals surface area contributed by atoms with Gasteiger partial charge in [-0.1, -0.05) is 32.0 Å². The first kappa shape index (κ1) is 15.1. The Balaban J connectivity index is 1.98. The predicted molar refractivity (Wildman–Crippen MR) is 81.0 cm³/mol. The second-order valence-electron chi connectivity index (χ2n) is 5.46. The largest absolute Gasteiger partial charge is 0.448 e. The summed E-state index contributed by atoms with van der Waals surface area (Å²) in [6, 6.07) is 9.28. The lowest BCUT2D eigenvalue weighted by molar-refractivity contribution is -0.129. The minimum atomic E-state index is -0.817. The number of aromatic amines is 1. The van der Waals surface area contributed by atoms with Crippen molar-refractivity contribution >= 4 is 22.8 Å². The molecule has 1 amide bonds. The average Bonchev–Trinajstić information content (AvgIpc) is 2.88. The van der Waals surface area contributed by atoms with E-state index < -0.39 is 12.1 Å². The number of H-pyrrole nitrogens is 1. The highest BCUT2D eigenvalue weighted by atomic mass is 16.5. The van der Waals surface area contributed by atoms with Crippen molar-refractivity contribution in [1.29, 1.82) is 0 Å². The van der Waals surface area contributed by atoms with Gasteiger partial charge in [0.25, 0.3) is 5.91 Å². The first-order valence-corrected chi connectivity index (χ1v) is 7.04. The number of aromatic nitrogens is 1. The van der Waals surface area contributed by atoms with Crippen molar-refractivity contribution in [2.45, 2.75) is 26.9 Å². The van der Waals surface area contributed by atoms with Crippen molar-refractivity contribution in [2.75, 3.05) is 6.54 Å². The van der Waals surface area contributed by atoms with Crippen molar-refractivity contribution in [3.05, 3.63) is 36.0 Å². The molecule has 0 aliphatic heterocycles. The number of benzene rings is 1. The monoisotopic (exact) mass is 288 g/mol. The number of nitrogens with one attached hydrogen (secondary N) is 2. The predicted octanol–water partition coefficient (Wildman–Crippen LogP) is 2.49. The molecule has 0 saturated carbocycles. The zero-order chi connectivity index (χ0) is 15.4. The van der Waals surface area contributed by atoms with Gasteiger partial charge in [-0.25, -0.2) is 4.79 Å². The summed E-state index contributed by atoms with van der Waals surface area (Å²) in [5.74, 6) is -0.461. The Morgan fingerprint density at radius 2 is 1.95 bits per heavy atom. The summed E-state index contributed by atoms with van der Waals surface area (Å²) in [7, 11) is 0. The summed E-state index contributed by atoms with van der Waals surface area (Å²) in [4.78, 5) is 26.8. The first-order chi connectivity index (χ1) is 9.97. The maximum absolute atomic E-state index is 12.0. The molecule has 0 aliphatic carbocycles. The summed E-state index contributed by atoms with van der Waals surface area (Å²) >= 11 is 0. The summed E-state index contributed by atoms with van der Waals surface area (Å²) in [6.45, 7) is 6.13. The minimum Gasteiger partial charge on any atom is -0.448 e. The van der Waals surface area contributed by atoms with Crippen molar-refractivity contribution in [2.24, 2.45) is 5.92 Å². The van der Waals surface area contributed by atoms with E-state index >= 15 is 0 Å². The van der Waals surface area contributed by atoms with Crippen LogP contribution in [-0.2, 0) is 9.53 Å². The summed E-state index contributed by atoms with van der Waals surface area (Å²) in [6.07, 6.45) is -0.817. The standard InChI is InChI=1S/C16H20N2O3/c1-10(2)9-17-15(19)11(3)21-16(20)14-8-12-6-4-5-7-13(12)18-14/h4-8,10-11,18H,9H2,1-3H3,(H,17,19)/t11-/m0/s1. The Kier molecular flexibility index (Phi) is 4.62. The Bertz CT molecular complexity index is 613. The second-order valence-corrected chi connectivity index (χ2v) is 5.46. The van der Waals surface area contributed by atoms with E-state index in [0.29, 0.717) is 18.2 Å². The molecular formula is C16H20N2O3. The van der Waals surface area contributed by atoms with Crippen molar-refractivity contribution < 1.29 is 14.3 Å². The maximum atomic E-state index is 12.0. The Morgan fingerprint density at radius 1 is 1.24 bits per heavy atom. The molecule has 1 heterocycles. The van der Waals surface area contributed by atoms with Crippen LogP contribution in [0.2, 0.25) is 0 Å². The lowest BCUT2D eigenvalue weighted by Gasteiger charge is -2.14. The SMILES string of the molecule is CC(C)CNC(=O)[C@H](C)OC(=O)c1cc2ccccc2[nH]1. The topological polar surface area (TPSA) is 71.2 Å². The normalized spacial score (nSPS) is 12.4. The van der Waals surface area contributed by atoms with Gasteiger partial charge >= 0.3 is 5.97 Å². The van der Waals surface area contributed by atoms with Crippen LogP contribution in [0.5, 0.6) is 0 Å². The third-order valence-corrected chi connectivity index (χ3v) is 3.09. The number of fused-ring (bicyclic) bond motifs is 1. The summed E-state index contributed by atoms with van der Waals surface area (Å²) in [5.41, 5.74) is 1.21. The van der Waals surface area contributed by atoms with E-state index in [-0.39, 0.29) is 5.91 Å². The zero-order valence-corrected chi connectivity index (χ0v) is 12.5. The molecule has 0 aliphatic rings. The van der Waals surface area contributed by atoms with Crippen LogP contribution < -0.4 is 5.32 Å². The smallest absolute Gasteiger partial charge is 0.355 e. The van der Waals surface area contributed by atoms with Crippen LogP contribution in [0.3, 0.4) is 0 Å². The van der Waals surface area contributed by atoms with E-state index in [0.717, 1.165) is 10.9 Å². The minimum absolute atomic E-state index is 0.284. The molecule has 0 bridgehead atoms. The molecule has 21 heavy (non-hydrogen) atoms. The summed E-state index contributed by atoms with van der Waals surface area (Å²) in [5, 5.41) is 3.67. The number of rotatable bonds is 5. The summed E-state index contributed by atoms with van der Waals surface area (Å²) < 4.78 is 5.18. The van der Waals surface area contributed by atoms with Gasteiger partial charge in [-0.15, -0.1) is 0 Å². The number of esters is 1. The highest BCUT2D eigenvalue weighted by Crippen LogP contribution is 2.15. The maximum Gasteiger partial charge on any atom is 0.355 e. The fourth-order valence-corrected chi connectivity index (χ4v) is 1.91. The first-order valence-electron chi connectivity index (χ1n) is 7.04. The van der Waals surface area contributed by atoms with Gasteiger partial charge < -0.3 is 15.0 Å². The van der Waals surface area contributed by atoms with Crippen molar-refractivity contribution in [3.8, 4) is 0 Å². The quantitative estimate of drug-likeness (QED) is 0.830. The third-order valence-electron chi connectivity index (χ3n) is 3.09. The Hall–Kier alpha value is -2.30. The molecule has 1 aromatic heterocycles. The number of carbonyl (C=O) groups excluding carboxylic acids is 2. The molecule has 1 aromatic carbocycles.